The summed E-state index contributed by atoms with van der Waals surface area (Å²) in [6, 6.07) is -0.267. The van der Waals surface area contributed by atoms with E-state index in [9.17, 15) is 9.59 Å². The van der Waals surface area contributed by atoms with Gasteiger partial charge in [0.1, 0.15) is 5.57 Å². The molecule has 0 bridgehead atoms. The molecular weight excluding hydrogens is 172 g/mol. The number of carbonyl (C=O) groups excluding carboxylic acids is 2. The Morgan fingerprint density at radius 2 is 2.31 bits per heavy atom. The molecule has 1 rings (SSSR count). The largest absolute Gasteiger partial charge is 0.413 e. The standard InChI is InChI=1S/C8H12N2O3/c1-3-5-7(13-9)6(4(2)11)8(12)10-5/h5H,3,9H2,1-2H3,(H,10,12). The summed E-state index contributed by atoms with van der Waals surface area (Å²) in [7, 11) is 0. The van der Waals surface area contributed by atoms with Crippen molar-refractivity contribution in [3.63, 3.8) is 0 Å². The summed E-state index contributed by atoms with van der Waals surface area (Å²) in [6.07, 6.45) is 0.648. The maximum absolute atomic E-state index is 11.2. The quantitative estimate of drug-likeness (QED) is 0.463. The minimum atomic E-state index is -0.403. The van der Waals surface area contributed by atoms with Crippen molar-refractivity contribution >= 4 is 11.7 Å². The van der Waals surface area contributed by atoms with E-state index in [2.05, 4.69) is 10.2 Å². The lowest BCUT2D eigenvalue weighted by molar-refractivity contribution is -0.121. The first-order chi connectivity index (χ1) is 6.11. The van der Waals surface area contributed by atoms with Gasteiger partial charge in [-0.3, -0.25) is 9.59 Å². The summed E-state index contributed by atoms with van der Waals surface area (Å²) in [5, 5.41) is 2.60. The molecule has 0 aromatic carbocycles. The molecule has 1 aliphatic heterocycles. The van der Waals surface area contributed by atoms with Crippen molar-refractivity contribution in [2.24, 2.45) is 5.90 Å². The fourth-order valence-corrected chi connectivity index (χ4v) is 1.34. The van der Waals surface area contributed by atoms with E-state index in [0.717, 1.165) is 0 Å². The van der Waals surface area contributed by atoms with E-state index < -0.39 is 5.91 Å². The smallest absolute Gasteiger partial charge is 0.259 e. The summed E-state index contributed by atoms with van der Waals surface area (Å²) in [5.74, 6) is 4.51. The molecule has 13 heavy (non-hydrogen) atoms. The van der Waals surface area contributed by atoms with Crippen molar-refractivity contribution in [3.8, 4) is 0 Å². The number of hydrogen-bond donors (Lipinski definition) is 2. The molecule has 0 saturated carbocycles. The van der Waals surface area contributed by atoms with Crippen LogP contribution in [0.3, 0.4) is 0 Å². The molecule has 0 aromatic rings. The van der Waals surface area contributed by atoms with E-state index in [1.165, 1.54) is 6.92 Å². The van der Waals surface area contributed by atoms with Crippen LogP contribution in [0, 0.1) is 0 Å². The Balaban J connectivity index is 3.07. The zero-order valence-electron chi connectivity index (χ0n) is 7.59. The molecule has 5 nitrogen and oxygen atoms in total. The van der Waals surface area contributed by atoms with Gasteiger partial charge in [0.2, 0.25) is 0 Å². The second-order valence-corrected chi connectivity index (χ2v) is 2.85. The Morgan fingerprint density at radius 1 is 1.69 bits per heavy atom. The highest BCUT2D eigenvalue weighted by atomic mass is 16.6. The highest BCUT2D eigenvalue weighted by Gasteiger charge is 2.34. The number of Topliss-reactive ketones (excluding diaryl/α,β-unsaturated/α-hetero) is 1. The monoisotopic (exact) mass is 184 g/mol. The highest BCUT2D eigenvalue weighted by Crippen LogP contribution is 2.19. The Bertz CT molecular complexity index is 283. The molecule has 0 fully saturated rings. The zero-order chi connectivity index (χ0) is 10.0. The van der Waals surface area contributed by atoms with Crippen LogP contribution in [0.4, 0.5) is 0 Å². The predicted octanol–water partition coefficient (Wildman–Crippen LogP) is -0.372. The zero-order valence-corrected chi connectivity index (χ0v) is 7.59. The van der Waals surface area contributed by atoms with Crippen molar-refractivity contribution in [3.05, 3.63) is 11.3 Å². The molecule has 3 N–H and O–H groups in total. The topological polar surface area (TPSA) is 81.4 Å². The van der Waals surface area contributed by atoms with Gasteiger partial charge in [0.25, 0.3) is 5.91 Å². The normalized spacial score (nSPS) is 21.8. The first kappa shape index (κ1) is 9.73. The molecule has 0 aliphatic carbocycles. The van der Waals surface area contributed by atoms with Gasteiger partial charge >= 0.3 is 0 Å². The summed E-state index contributed by atoms with van der Waals surface area (Å²) < 4.78 is 0. The van der Waals surface area contributed by atoms with Crippen molar-refractivity contribution < 1.29 is 14.4 Å². The molecule has 1 amide bonds. The number of amides is 1. The number of rotatable bonds is 3. The molecule has 0 radical (unpaired) electrons. The van der Waals surface area contributed by atoms with Gasteiger partial charge in [0.15, 0.2) is 11.5 Å². The van der Waals surface area contributed by atoms with Gasteiger partial charge in [-0.25, -0.2) is 0 Å². The Labute approximate surface area is 75.9 Å². The molecule has 0 saturated heterocycles. The van der Waals surface area contributed by atoms with Crippen molar-refractivity contribution in [2.45, 2.75) is 26.3 Å². The second-order valence-electron chi connectivity index (χ2n) is 2.85. The summed E-state index contributed by atoms with van der Waals surface area (Å²) in [6.45, 7) is 3.18. The molecule has 0 spiro atoms. The van der Waals surface area contributed by atoms with Crippen LogP contribution >= 0.6 is 0 Å². The first-order valence-electron chi connectivity index (χ1n) is 4.04. The van der Waals surface area contributed by atoms with Gasteiger partial charge in [0.05, 0.1) is 6.04 Å². The van der Waals surface area contributed by atoms with Gasteiger partial charge in [-0.2, -0.15) is 5.90 Å². The van der Waals surface area contributed by atoms with Crippen LogP contribution in [0.5, 0.6) is 0 Å². The van der Waals surface area contributed by atoms with Crippen molar-refractivity contribution in [1.82, 2.24) is 5.32 Å². The minimum Gasteiger partial charge on any atom is -0.413 e. The summed E-state index contributed by atoms with van der Waals surface area (Å²) in [5.41, 5.74) is 0.0364. The van der Waals surface area contributed by atoms with E-state index in [-0.39, 0.29) is 23.2 Å². The van der Waals surface area contributed by atoms with Crippen LogP contribution in [0.2, 0.25) is 0 Å². The van der Waals surface area contributed by atoms with E-state index in [1.54, 1.807) is 0 Å². The van der Waals surface area contributed by atoms with Crippen molar-refractivity contribution in [2.75, 3.05) is 0 Å². The minimum absolute atomic E-state index is 0.0364. The highest BCUT2D eigenvalue weighted by molar-refractivity contribution is 6.20. The van der Waals surface area contributed by atoms with Crippen LogP contribution in [-0.4, -0.2) is 17.7 Å². The number of nitrogens with two attached hydrogens (primary N) is 1. The molecule has 72 valence electrons. The number of ketones is 1. The fourth-order valence-electron chi connectivity index (χ4n) is 1.34. The van der Waals surface area contributed by atoms with Gasteiger partial charge in [-0.1, -0.05) is 6.92 Å². The van der Waals surface area contributed by atoms with Crippen LogP contribution in [0.25, 0.3) is 0 Å². The fraction of sp³-hybridized carbons (Fsp3) is 0.500. The van der Waals surface area contributed by atoms with Gasteiger partial charge in [0, 0.05) is 0 Å². The lowest BCUT2D eigenvalue weighted by atomic mass is 10.1. The molecule has 1 unspecified atom stereocenters. The Morgan fingerprint density at radius 3 is 2.69 bits per heavy atom. The number of nitrogens with one attached hydrogen (secondary N) is 1. The van der Waals surface area contributed by atoms with E-state index in [0.29, 0.717) is 6.42 Å². The van der Waals surface area contributed by atoms with Gasteiger partial charge in [-0.15, -0.1) is 0 Å². The number of carbonyl (C=O) groups is 2. The number of hydrogen-bond acceptors (Lipinski definition) is 4. The van der Waals surface area contributed by atoms with E-state index in [1.807, 2.05) is 6.92 Å². The maximum atomic E-state index is 11.2. The van der Waals surface area contributed by atoms with Gasteiger partial charge in [-0.05, 0) is 13.3 Å². The van der Waals surface area contributed by atoms with E-state index >= 15 is 0 Å². The molecule has 1 atom stereocenters. The maximum Gasteiger partial charge on any atom is 0.259 e. The summed E-state index contributed by atoms with van der Waals surface area (Å²) >= 11 is 0. The molecule has 1 heterocycles. The molecule has 1 aliphatic rings. The average molecular weight is 184 g/mol. The molecular formula is C8H12N2O3. The Kier molecular flexibility index (Phi) is 2.67. The lowest BCUT2D eigenvalue weighted by Gasteiger charge is -2.09. The third-order valence-electron chi connectivity index (χ3n) is 1.98. The van der Waals surface area contributed by atoms with Crippen molar-refractivity contribution in [1.29, 1.82) is 0 Å². The first-order valence-corrected chi connectivity index (χ1v) is 4.04. The van der Waals surface area contributed by atoms with Crippen LogP contribution in [0.15, 0.2) is 11.3 Å². The predicted molar refractivity (Wildman–Crippen MR) is 45.2 cm³/mol. The Hall–Kier alpha value is -1.36. The second kappa shape index (κ2) is 3.57. The average Bonchev–Trinajstić information content (AvgIpc) is 2.41. The van der Waals surface area contributed by atoms with Crippen LogP contribution in [0.1, 0.15) is 20.3 Å². The van der Waals surface area contributed by atoms with Crippen LogP contribution < -0.4 is 11.2 Å². The SMILES string of the molecule is CCC1NC(=O)C(C(C)=O)=C1ON. The third kappa shape index (κ3) is 1.55. The third-order valence-corrected chi connectivity index (χ3v) is 1.98. The molecule has 5 heteroatoms. The van der Waals surface area contributed by atoms with E-state index in [4.69, 9.17) is 5.90 Å². The molecule has 0 aromatic heterocycles. The van der Waals surface area contributed by atoms with Gasteiger partial charge < -0.3 is 10.2 Å². The lowest BCUT2D eigenvalue weighted by Crippen LogP contribution is -2.29. The van der Waals surface area contributed by atoms with Crippen LogP contribution in [-0.2, 0) is 14.4 Å². The summed E-state index contributed by atoms with van der Waals surface area (Å²) in [4.78, 5) is 26.8.